The molecule has 2 heterocycles. The van der Waals surface area contributed by atoms with Crippen molar-refractivity contribution in [1.29, 1.82) is 0 Å². The average molecular weight is 284 g/mol. The predicted octanol–water partition coefficient (Wildman–Crippen LogP) is 1.87. The largest absolute Gasteiger partial charge is 0.372 e. The van der Waals surface area contributed by atoms with Gasteiger partial charge in [0.05, 0.1) is 17.1 Å². The van der Waals surface area contributed by atoms with Gasteiger partial charge in [-0.1, -0.05) is 6.07 Å². The number of hydrogen-bond donors (Lipinski definition) is 1. The van der Waals surface area contributed by atoms with Gasteiger partial charge in [-0.25, -0.2) is 0 Å². The van der Waals surface area contributed by atoms with Crippen LogP contribution in [0.5, 0.6) is 0 Å². The van der Waals surface area contributed by atoms with Crippen molar-refractivity contribution >= 4 is 34.6 Å². The standard InChI is InChI=1S/C12H16N2O2S2/c1-8-6-14(7-9(2)16-8)12(17)13-11(15)10-4-3-5-18-10/h3-5,8-9H,6-7H2,1-2H3,(H,13,15,17)/t8-,9+. The molecule has 1 fully saturated rings. The van der Waals surface area contributed by atoms with Crippen LogP contribution < -0.4 is 5.32 Å². The number of rotatable bonds is 1. The highest BCUT2D eigenvalue weighted by molar-refractivity contribution is 7.80. The van der Waals surface area contributed by atoms with Gasteiger partial charge in [0, 0.05) is 13.1 Å². The third-order valence-electron chi connectivity index (χ3n) is 2.67. The van der Waals surface area contributed by atoms with Crippen molar-refractivity contribution in [3.05, 3.63) is 22.4 Å². The molecule has 0 aliphatic carbocycles. The maximum absolute atomic E-state index is 11.9. The van der Waals surface area contributed by atoms with Crippen LogP contribution in [0.4, 0.5) is 0 Å². The summed E-state index contributed by atoms with van der Waals surface area (Å²) >= 11 is 6.68. The van der Waals surface area contributed by atoms with Gasteiger partial charge in [-0.2, -0.15) is 0 Å². The molecule has 6 heteroatoms. The SMILES string of the molecule is C[C@@H]1CN(C(=S)NC(=O)c2cccs2)C[C@H](C)O1. The number of ether oxygens (including phenoxy) is 1. The Morgan fingerprint density at radius 1 is 1.50 bits per heavy atom. The highest BCUT2D eigenvalue weighted by Crippen LogP contribution is 2.12. The maximum atomic E-state index is 11.9. The first-order chi connectivity index (χ1) is 8.56. The van der Waals surface area contributed by atoms with E-state index in [-0.39, 0.29) is 18.1 Å². The summed E-state index contributed by atoms with van der Waals surface area (Å²) in [6.45, 7) is 5.44. The van der Waals surface area contributed by atoms with Crippen molar-refractivity contribution in [3.8, 4) is 0 Å². The van der Waals surface area contributed by atoms with E-state index in [9.17, 15) is 4.79 Å². The number of morpholine rings is 1. The average Bonchev–Trinajstić information content (AvgIpc) is 2.80. The van der Waals surface area contributed by atoms with E-state index < -0.39 is 0 Å². The third kappa shape index (κ3) is 3.28. The molecule has 1 amide bonds. The molecule has 1 saturated heterocycles. The zero-order chi connectivity index (χ0) is 13.1. The van der Waals surface area contributed by atoms with Gasteiger partial charge in [-0.3, -0.25) is 10.1 Å². The Morgan fingerprint density at radius 3 is 2.72 bits per heavy atom. The lowest BCUT2D eigenvalue weighted by Gasteiger charge is -2.36. The van der Waals surface area contributed by atoms with Gasteiger partial charge in [0.1, 0.15) is 0 Å². The number of nitrogens with zero attached hydrogens (tertiary/aromatic N) is 1. The van der Waals surface area contributed by atoms with Crippen LogP contribution in [0.1, 0.15) is 23.5 Å². The fraction of sp³-hybridized carbons (Fsp3) is 0.500. The molecule has 18 heavy (non-hydrogen) atoms. The Balaban J connectivity index is 1.93. The van der Waals surface area contributed by atoms with Crippen LogP contribution in [0.25, 0.3) is 0 Å². The molecule has 1 N–H and O–H groups in total. The lowest BCUT2D eigenvalue weighted by molar-refractivity contribution is -0.0481. The van der Waals surface area contributed by atoms with Crippen LogP contribution in [0.15, 0.2) is 17.5 Å². The molecule has 2 rings (SSSR count). The lowest BCUT2D eigenvalue weighted by Crippen LogP contribution is -2.52. The van der Waals surface area contributed by atoms with Gasteiger partial charge in [-0.05, 0) is 37.5 Å². The van der Waals surface area contributed by atoms with Gasteiger partial charge in [0.2, 0.25) is 0 Å². The monoisotopic (exact) mass is 284 g/mol. The van der Waals surface area contributed by atoms with Gasteiger partial charge < -0.3 is 9.64 Å². The molecule has 0 saturated carbocycles. The molecule has 0 aromatic carbocycles. The maximum Gasteiger partial charge on any atom is 0.267 e. The zero-order valence-electron chi connectivity index (χ0n) is 10.4. The number of nitrogens with one attached hydrogen (secondary N) is 1. The van der Waals surface area contributed by atoms with Gasteiger partial charge in [-0.15, -0.1) is 11.3 Å². The molecule has 98 valence electrons. The number of thiophene rings is 1. The second-order valence-corrected chi connectivity index (χ2v) is 5.73. The smallest absolute Gasteiger partial charge is 0.267 e. The Labute approximate surface area is 116 Å². The minimum atomic E-state index is -0.137. The summed E-state index contributed by atoms with van der Waals surface area (Å²) < 4.78 is 5.63. The van der Waals surface area contributed by atoms with Crippen LogP contribution in [0.3, 0.4) is 0 Å². The lowest BCUT2D eigenvalue weighted by atomic mass is 10.2. The molecule has 1 aliphatic rings. The predicted molar refractivity (Wildman–Crippen MR) is 76.0 cm³/mol. The summed E-state index contributed by atoms with van der Waals surface area (Å²) in [5, 5.41) is 5.12. The summed E-state index contributed by atoms with van der Waals surface area (Å²) in [5.41, 5.74) is 0. The van der Waals surface area contributed by atoms with Crippen LogP contribution in [0, 0.1) is 0 Å². The van der Waals surface area contributed by atoms with E-state index in [0.717, 1.165) is 0 Å². The molecule has 4 nitrogen and oxygen atoms in total. The summed E-state index contributed by atoms with van der Waals surface area (Å²) in [5.74, 6) is -0.137. The molecule has 0 radical (unpaired) electrons. The van der Waals surface area contributed by atoms with Crippen LogP contribution in [-0.4, -0.2) is 41.2 Å². The summed E-state index contributed by atoms with van der Waals surface area (Å²) in [6, 6.07) is 3.63. The number of carbonyl (C=O) groups excluding carboxylic acids is 1. The third-order valence-corrected chi connectivity index (χ3v) is 3.90. The summed E-state index contributed by atoms with van der Waals surface area (Å²) in [6.07, 6.45) is 0.260. The number of hydrogen-bond acceptors (Lipinski definition) is 4. The first kappa shape index (κ1) is 13.5. The molecule has 1 aliphatic heterocycles. The van der Waals surface area contributed by atoms with Crippen molar-refractivity contribution in [3.63, 3.8) is 0 Å². The van der Waals surface area contributed by atoms with E-state index in [1.807, 2.05) is 30.2 Å². The van der Waals surface area contributed by atoms with Gasteiger partial charge >= 0.3 is 0 Å². The fourth-order valence-corrected chi connectivity index (χ4v) is 2.85. The molecule has 1 aromatic rings. The van der Waals surface area contributed by atoms with Crippen LogP contribution >= 0.6 is 23.6 Å². The topological polar surface area (TPSA) is 41.6 Å². The van der Waals surface area contributed by atoms with E-state index >= 15 is 0 Å². The summed E-state index contributed by atoms with van der Waals surface area (Å²) in [4.78, 5) is 14.5. The number of carbonyl (C=O) groups is 1. The van der Waals surface area contributed by atoms with Crippen molar-refractivity contribution in [2.24, 2.45) is 0 Å². The Bertz CT molecular complexity index is 423. The van der Waals surface area contributed by atoms with Gasteiger partial charge in [0.15, 0.2) is 5.11 Å². The minimum Gasteiger partial charge on any atom is -0.372 e. The van der Waals surface area contributed by atoms with Crippen molar-refractivity contribution in [1.82, 2.24) is 10.2 Å². The summed E-state index contributed by atoms with van der Waals surface area (Å²) in [7, 11) is 0. The first-order valence-corrected chi connectivity index (χ1v) is 7.14. The molecule has 0 bridgehead atoms. The second kappa shape index (κ2) is 5.77. The highest BCUT2D eigenvalue weighted by Gasteiger charge is 2.24. The van der Waals surface area contributed by atoms with Crippen molar-refractivity contribution in [2.75, 3.05) is 13.1 Å². The van der Waals surface area contributed by atoms with E-state index in [1.54, 1.807) is 6.07 Å². The van der Waals surface area contributed by atoms with E-state index in [4.69, 9.17) is 17.0 Å². The zero-order valence-corrected chi connectivity index (χ0v) is 12.0. The van der Waals surface area contributed by atoms with E-state index in [0.29, 0.717) is 23.1 Å². The molecule has 2 atom stereocenters. The fourth-order valence-electron chi connectivity index (χ4n) is 1.99. The van der Waals surface area contributed by atoms with E-state index in [1.165, 1.54) is 11.3 Å². The molecular weight excluding hydrogens is 268 g/mol. The normalized spacial score (nSPS) is 23.8. The number of thiocarbonyl (C=S) groups is 1. The highest BCUT2D eigenvalue weighted by atomic mass is 32.1. The Morgan fingerprint density at radius 2 is 2.17 bits per heavy atom. The minimum absolute atomic E-state index is 0.130. The van der Waals surface area contributed by atoms with Crippen molar-refractivity contribution < 1.29 is 9.53 Å². The molecular formula is C12H16N2O2S2. The molecule has 0 spiro atoms. The van der Waals surface area contributed by atoms with Crippen LogP contribution in [0.2, 0.25) is 0 Å². The quantitative estimate of drug-likeness (QED) is 0.800. The Hall–Kier alpha value is -0.980. The molecule has 0 unspecified atom stereocenters. The van der Waals surface area contributed by atoms with Crippen molar-refractivity contribution in [2.45, 2.75) is 26.1 Å². The van der Waals surface area contributed by atoms with Gasteiger partial charge in [0.25, 0.3) is 5.91 Å². The first-order valence-electron chi connectivity index (χ1n) is 5.85. The van der Waals surface area contributed by atoms with Crippen LogP contribution in [-0.2, 0) is 4.74 Å². The number of amides is 1. The Kier molecular flexibility index (Phi) is 4.31. The second-order valence-electron chi connectivity index (χ2n) is 4.40. The van der Waals surface area contributed by atoms with E-state index in [2.05, 4.69) is 5.32 Å². The molecule has 1 aromatic heterocycles.